The van der Waals surface area contributed by atoms with E-state index in [1.807, 2.05) is 11.0 Å². The third-order valence-corrected chi connectivity index (χ3v) is 7.76. The summed E-state index contributed by atoms with van der Waals surface area (Å²) in [6, 6.07) is 14.3. The van der Waals surface area contributed by atoms with Crippen LogP contribution >= 0.6 is 11.3 Å². The Morgan fingerprint density at radius 2 is 1.76 bits per heavy atom. The third kappa shape index (κ3) is 6.86. The lowest BCUT2D eigenvalue weighted by molar-refractivity contribution is -0.139. The Labute approximate surface area is 226 Å². The number of nitrogens with two attached hydrogens (primary N) is 1. The fourth-order valence-electron chi connectivity index (χ4n) is 4.60. The Balaban J connectivity index is 0.000000180. The van der Waals surface area contributed by atoms with E-state index in [9.17, 15) is 19.5 Å². The quantitative estimate of drug-likeness (QED) is 0.441. The van der Waals surface area contributed by atoms with Gasteiger partial charge >= 0.3 is 5.97 Å². The summed E-state index contributed by atoms with van der Waals surface area (Å²) in [6.07, 6.45) is 4.76. The van der Waals surface area contributed by atoms with Crippen LogP contribution in [0.1, 0.15) is 61.2 Å². The smallest absolute Gasteiger partial charge is 0.330 e. The largest absolute Gasteiger partial charge is 0.479 e. The van der Waals surface area contributed by atoms with Gasteiger partial charge in [0.1, 0.15) is 0 Å². The van der Waals surface area contributed by atoms with E-state index < -0.39 is 17.9 Å². The maximum atomic E-state index is 12.4. The van der Waals surface area contributed by atoms with E-state index in [1.54, 1.807) is 59.9 Å². The summed E-state index contributed by atoms with van der Waals surface area (Å²) in [6.45, 7) is 3.16. The van der Waals surface area contributed by atoms with E-state index in [2.05, 4.69) is 10.7 Å². The van der Waals surface area contributed by atoms with Crippen LogP contribution in [0.2, 0.25) is 0 Å². The van der Waals surface area contributed by atoms with Gasteiger partial charge in [-0.3, -0.25) is 9.59 Å². The zero-order valence-corrected chi connectivity index (χ0v) is 22.0. The van der Waals surface area contributed by atoms with Crippen LogP contribution in [0.5, 0.6) is 0 Å². The van der Waals surface area contributed by atoms with Crippen LogP contribution in [0, 0.1) is 0 Å². The first-order chi connectivity index (χ1) is 18.5. The first-order valence-electron chi connectivity index (χ1n) is 12.8. The van der Waals surface area contributed by atoms with Gasteiger partial charge in [-0.2, -0.15) is 0 Å². The molecule has 1 fully saturated rings. The molecule has 2 aliphatic rings. The fraction of sp³-hybridized carbons (Fsp3) is 0.345. The molecule has 1 aliphatic heterocycles. The second kappa shape index (κ2) is 13.3. The number of hydrogen-bond acceptors (Lipinski definition) is 6. The van der Waals surface area contributed by atoms with E-state index in [-0.39, 0.29) is 5.91 Å². The lowest BCUT2D eigenvalue weighted by atomic mass is 9.95. The lowest BCUT2D eigenvalue weighted by Crippen LogP contribution is -2.40. The number of nitrogens with zero attached hydrogens (tertiary/aromatic N) is 1. The number of thiophene rings is 1. The van der Waals surface area contributed by atoms with Gasteiger partial charge in [0.25, 0.3) is 11.8 Å². The summed E-state index contributed by atoms with van der Waals surface area (Å²) in [4.78, 5) is 39.3. The zero-order valence-electron chi connectivity index (χ0n) is 21.2. The van der Waals surface area contributed by atoms with E-state index in [1.165, 1.54) is 23.3 Å². The van der Waals surface area contributed by atoms with E-state index in [4.69, 9.17) is 10.5 Å². The molecule has 8 nitrogen and oxygen atoms in total. The van der Waals surface area contributed by atoms with Crippen molar-refractivity contribution in [2.45, 2.75) is 38.3 Å². The van der Waals surface area contributed by atoms with Gasteiger partial charge in [0.2, 0.25) is 0 Å². The predicted octanol–water partition coefficient (Wildman–Crippen LogP) is 3.80. The highest BCUT2D eigenvalue weighted by Gasteiger charge is 2.25. The lowest BCUT2D eigenvalue weighted by Gasteiger charge is -2.27. The average molecular weight is 536 g/mol. The molecule has 0 saturated carbocycles. The van der Waals surface area contributed by atoms with Crippen molar-refractivity contribution in [3.05, 3.63) is 92.7 Å². The molecule has 2 aromatic carbocycles. The number of nitrogens with one attached hydrogen (secondary N) is 1. The van der Waals surface area contributed by atoms with Crippen LogP contribution in [-0.4, -0.2) is 54.1 Å². The van der Waals surface area contributed by atoms with Crippen LogP contribution in [0.25, 0.3) is 0 Å². The molecule has 5 rings (SSSR count). The number of carbonyl (C=O) groups is 3. The van der Waals surface area contributed by atoms with Crippen LogP contribution in [0.15, 0.2) is 60.0 Å². The van der Waals surface area contributed by atoms with Gasteiger partial charge in [-0.05, 0) is 54.5 Å². The molecule has 9 heteroatoms. The molecule has 1 aromatic heterocycles. The molecule has 3 aromatic rings. The normalized spacial score (nSPS) is 15.4. The SMILES string of the molecule is NCc1cccc(C(=O)N[C@@H](C(=O)O)c2ccccc2)c1.O=C(c1csc2c1CCCC2)N1CCOCC1. The molecule has 0 spiro atoms. The zero-order chi connectivity index (χ0) is 26.9. The van der Waals surface area contributed by atoms with Gasteiger partial charge in [-0.15, -0.1) is 11.3 Å². The number of carboxylic acids is 1. The number of carboxylic acid groups (broad SMARTS) is 1. The highest BCUT2D eigenvalue weighted by atomic mass is 32.1. The molecule has 1 aliphatic carbocycles. The second-order valence-corrected chi connectivity index (χ2v) is 10.2. The number of aliphatic carboxylic acids is 1. The molecule has 0 bridgehead atoms. The van der Waals surface area contributed by atoms with Gasteiger partial charge in [-0.1, -0.05) is 42.5 Å². The number of carbonyl (C=O) groups excluding carboxylic acids is 2. The minimum absolute atomic E-state index is 0.215. The number of rotatable bonds is 6. The number of fused-ring (bicyclic) bond motifs is 1. The van der Waals surface area contributed by atoms with Gasteiger partial charge in [0.05, 0.1) is 18.8 Å². The van der Waals surface area contributed by atoms with Crippen LogP contribution in [-0.2, 0) is 28.9 Å². The Morgan fingerprint density at radius 3 is 2.47 bits per heavy atom. The molecular formula is C29H33N3O5S. The molecule has 0 radical (unpaired) electrons. The highest BCUT2D eigenvalue weighted by Crippen LogP contribution is 2.31. The first-order valence-corrected chi connectivity index (χ1v) is 13.7. The maximum Gasteiger partial charge on any atom is 0.330 e. The van der Waals surface area contributed by atoms with E-state index >= 15 is 0 Å². The van der Waals surface area contributed by atoms with Crippen molar-refractivity contribution in [2.24, 2.45) is 5.73 Å². The Kier molecular flexibility index (Phi) is 9.64. The third-order valence-electron chi connectivity index (χ3n) is 6.67. The molecular weight excluding hydrogens is 502 g/mol. The fourth-order valence-corrected chi connectivity index (χ4v) is 5.72. The highest BCUT2D eigenvalue weighted by molar-refractivity contribution is 7.10. The molecule has 1 atom stereocenters. The molecule has 2 amide bonds. The number of amides is 2. The topological polar surface area (TPSA) is 122 Å². The van der Waals surface area contributed by atoms with Gasteiger partial charge in [0.15, 0.2) is 6.04 Å². The van der Waals surface area contributed by atoms with E-state index in [0.29, 0.717) is 30.9 Å². The molecule has 38 heavy (non-hydrogen) atoms. The second-order valence-electron chi connectivity index (χ2n) is 9.22. The molecule has 0 unspecified atom stereocenters. The molecule has 1 saturated heterocycles. The van der Waals surface area contributed by atoms with Crippen LogP contribution in [0.3, 0.4) is 0 Å². The van der Waals surface area contributed by atoms with Gasteiger partial charge in [0, 0.05) is 35.5 Å². The Bertz CT molecular complexity index is 1250. The van der Waals surface area contributed by atoms with Crippen molar-refractivity contribution in [3.63, 3.8) is 0 Å². The summed E-state index contributed by atoms with van der Waals surface area (Å²) in [5.41, 5.74) is 9.55. The van der Waals surface area contributed by atoms with E-state index in [0.717, 1.165) is 37.1 Å². The van der Waals surface area contributed by atoms with Crippen LogP contribution < -0.4 is 11.1 Å². The molecule has 4 N–H and O–H groups in total. The number of morpholine rings is 1. The maximum absolute atomic E-state index is 12.4. The number of aryl methyl sites for hydroxylation is 1. The molecule has 200 valence electrons. The Morgan fingerprint density at radius 1 is 1.03 bits per heavy atom. The summed E-state index contributed by atoms with van der Waals surface area (Å²) < 4.78 is 5.29. The van der Waals surface area contributed by atoms with Crippen molar-refractivity contribution in [1.29, 1.82) is 0 Å². The van der Waals surface area contributed by atoms with Crippen molar-refractivity contribution >= 4 is 29.1 Å². The van der Waals surface area contributed by atoms with Crippen molar-refractivity contribution in [3.8, 4) is 0 Å². The van der Waals surface area contributed by atoms with Crippen LogP contribution in [0.4, 0.5) is 0 Å². The van der Waals surface area contributed by atoms with Crippen molar-refractivity contribution in [2.75, 3.05) is 26.3 Å². The summed E-state index contributed by atoms with van der Waals surface area (Å²) in [5.74, 6) is -1.33. The Hall–Kier alpha value is -3.53. The van der Waals surface area contributed by atoms with Gasteiger partial charge < -0.3 is 25.8 Å². The number of benzene rings is 2. The first kappa shape index (κ1) is 27.5. The summed E-state index contributed by atoms with van der Waals surface area (Å²) in [5, 5.41) is 13.9. The molecule has 2 heterocycles. The standard InChI is InChI=1S/C16H16N2O3.C13H17NO2S/c17-10-11-5-4-8-13(9-11)15(19)18-14(16(20)21)12-6-2-1-3-7-12;15-13(14-5-7-16-8-6-14)11-9-17-12-4-2-1-3-10(11)12/h1-9,14H,10,17H2,(H,18,19)(H,20,21);9H,1-8H2/t14-;/m1./s1. The van der Waals surface area contributed by atoms with Crippen molar-refractivity contribution < 1.29 is 24.2 Å². The minimum atomic E-state index is -1.11. The predicted molar refractivity (Wildman–Crippen MR) is 146 cm³/mol. The summed E-state index contributed by atoms with van der Waals surface area (Å²) >= 11 is 1.77. The van der Waals surface area contributed by atoms with Gasteiger partial charge in [-0.25, -0.2) is 4.79 Å². The summed E-state index contributed by atoms with van der Waals surface area (Å²) in [7, 11) is 0. The van der Waals surface area contributed by atoms with Crippen molar-refractivity contribution in [1.82, 2.24) is 10.2 Å². The monoisotopic (exact) mass is 535 g/mol. The number of ether oxygens (including phenoxy) is 1. The number of hydrogen-bond donors (Lipinski definition) is 3. The minimum Gasteiger partial charge on any atom is -0.479 e. The average Bonchev–Trinajstić information content (AvgIpc) is 3.41.